The Kier molecular flexibility index (Phi) is 3.89. The average molecular weight is 403 g/mol. The smallest absolute Gasteiger partial charge is 0.277 e. The maximum Gasteiger partial charge on any atom is 0.277 e. The molecular weight excluding hydrogens is 384 g/mol. The molecule has 0 unspecified atom stereocenters. The second kappa shape index (κ2) is 6.25. The number of nitrogens with two attached hydrogens (primary N) is 1. The molecule has 3 aliphatic rings. The number of thioether (sulfide) groups is 1. The van der Waals surface area contributed by atoms with Crippen molar-refractivity contribution in [3.8, 4) is 17.9 Å². The zero-order valence-electron chi connectivity index (χ0n) is 15.6. The van der Waals surface area contributed by atoms with Crippen LogP contribution in [0.4, 0.5) is 0 Å². The van der Waals surface area contributed by atoms with Crippen LogP contribution in [0.15, 0.2) is 54.6 Å². The highest BCUT2D eigenvalue weighted by atomic mass is 32.2. The van der Waals surface area contributed by atoms with Gasteiger partial charge >= 0.3 is 0 Å². The average Bonchev–Trinajstić information content (AvgIpc) is 3.01. The molecule has 1 saturated carbocycles. The van der Waals surface area contributed by atoms with Crippen LogP contribution in [0, 0.1) is 33.5 Å². The van der Waals surface area contributed by atoms with Crippen LogP contribution in [0.2, 0.25) is 0 Å². The number of ether oxygens (including phenoxy) is 2. The Balaban J connectivity index is 1.44. The van der Waals surface area contributed by atoms with Crippen molar-refractivity contribution in [3.63, 3.8) is 0 Å². The molecule has 3 N–H and O–H groups in total. The number of rotatable bonds is 4. The molecular formula is C22H19N4O2S+. The molecule has 6 nitrogen and oxygen atoms in total. The van der Waals surface area contributed by atoms with E-state index in [1.54, 1.807) is 0 Å². The molecule has 1 saturated heterocycles. The van der Waals surface area contributed by atoms with Gasteiger partial charge in [-0.05, 0) is 23.3 Å². The molecule has 0 bridgehead atoms. The molecule has 0 radical (unpaired) electrons. The third kappa shape index (κ3) is 2.17. The topological polar surface area (TPSA) is 106 Å². The van der Waals surface area contributed by atoms with Crippen molar-refractivity contribution in [1.29, 1.82) is 10.5 Å². The molecule has 4 atom stereocenters. The predicted molar refractivity (Wildman–Crippen MR) is 107 cm³/mol. The third-order valence-corrected chi connectivity index (χ3v) is 7.48. The van der Waals surface area contributed by atoms with Gasteiger partial charge < -0.3 is 9.47 Å². The van der Waals surface area contributed by atoms with E-state index in [2.05, 4.69) is 17.1 Å². The first-order valence-electron chi connectivity index (χ1n) is 9.42. The van der Waals surface area contributed by atoms with Gasteiger partial charge in [0, 0.05) is 11.7 Å². The number of benzene rings is 2. The van der Waals surface area contributed by atoms with Gasteiger partial charge in [0.25, 0.3) is 10.9 Å². The zero-order chi connectivity index (χ0) is 20.1. The maximum absolute atomic E-state index is 10.2. The Morgan fingerprint density at radius 1 is 1.14 bits per heavy atom. The van der Waals surface area contributed by atoms with Gasteiger partial charge in [-0.1, -0.05) is 54.2 Å². The minimum absolute atomic E-state index is 0.324. The van der Waals surface area contributed by atoms with E-state index < -0.39 is 15.9 Å². The van der Waals surface area contributed by atoms with Crippen molar-refractivity contribution >= 4 is 17.6 Å². The first-order valence-corrected chi connectivity index (χ1v) is 10.4. The summed E-state index contributed by atoms with van der Waals surface area (Å²) in [6.45, 7) is 1.00. The van der Waals surface area contributed by atoms with E-state index >= 15 is 0 Å². The first-order chi connectivity index (χ1) is 14.1. The van der Waals surface area contributed by atoms with Crippen molar-refractivity contribution in [2.75, 3.05) is 12.4 Å². The summed E-state index contributed by atoms with van der Waals surface area (Å²) >= 11 is 1.52. The first kappa shape index (κ1) is 18.1. The van der Waals surface area contributed by atoms with Crippen LogP contribution in [0.1, 0.15) is 17.0 Å². The van der Waals surface area contributed by atoms with E-state index in [-0.39, 0.29) is 5.92 Å². The maximum atomic E-state index is 10.2. The van der Waals surface area contributed by atoms with Gasteiger partial charge in [0.05, 0.1) is 18.7 Å². The standard InChI is InChI=1S/C22H18N4O2S/c23-13-20-18(21(20,14-24)22(26-19(20)25)28-10-11-29-22)16-6-8-17(9-7-16)27-12-15-4-2-1-3-5-15/h1-9,18H,10-12H2,(H2,25,26)/p+1/t18-,20-,21-,22-/m1/s1. The summed E-state index contributed by atoms with van der Waals surface area (Å²) in [6, 6.07) is 22.3. The van der Waals surface area contributed by atoms with Crippen LogP contribution in [0.5, 0.6) is 5.75 Å². The van der Waals surface area contributed by atoms with E-state index in [0.717, 1.165) is 22.6 Å². The number of nitrogens with zero attached hydrogens (tertiary/aromatic N) is 2. The van der Waals surface area contributed by atoms with Gasteiger partial charge in [0.1, 0.15) is 12.4 Å². The Morgan fingerprint density at radius 2 is 1.90 bits per heavy atom. The molecule has 29 heavy (non-hydrogen) atoms. The molecule has 2 aromatic carbocycles. The highest BCUT2D eigenvalue weighted by molar-refractivity contribution is 8.00. The normalized spacial score (nSPS) is 34.1. The summed E-state index contributed by atoms with van der Waals surface area (Å²) in [6.07, 6.45) is 0. The van der Waals surface area contributed by atoms with Crippen molar-refractivity contribution in [3.05, 3.63) is 65.7 Å². The fraction of sp³-hybridized carbons (Fsp3) is 0.318. The van der Waals surface area contributed by atoms with Gasteiger partial charge in [0.15, 0.2) is 10.8 Å². The molecule has 2 fully saturated rings. The monoisotopic (exact) mass is 403 g/mol. The van der Waals surface area contributed by atoms with Gasteiger partial charge in [-0.2, -0.15) is 10.5 Å². The quantitative estimate of drug-likeness (QED) is 0.796. The van der Waals surface area contributed by atoms with E-state index in [1.165, 1.54) is 11.8 Å². The molecule has 1 aliphatic carbocycles. The molecule has 0 amide bonds. The summed E-state index contributed by atoms with van der Waals surface area (Å²) in [5.41, 5.74) is 6.10. The molecule has 2 heterocycles. The summed E-state index contributed by atoms with van der Waals surface area (Å²) in [5.74, 6) is 1.46. The Labute approximate surface area is 172 Å². The minimum atomic E-state index is -1.09. The van der Waals surface area contributed by atoms with Crippen molar-refractivity contribution in [2.24, 2.45) is 16.6 Å². The van der Waals surface area contributed by atoms with Crippen molar-refractivity contribution < 1.29 is 14.5 Å². The van der Waals surface area contributed by atoms with Crippen LogP contribution >= 0.6 is 11.8 Å². The minimum Gasteiger partial charge on any atom is -0.489 e. The molecule has 1 spiro atoms. The molecule has 2 aromatic rings. The van der Waals surface area contributed by atoms with Gasteiger partial charge in [-0.15, -0.1) is 0 Å². The number of hydrogen-bond donors (Lipinski definition) is 2. The molecule has 7 heteroatoms. The highest BCUT2D eigenvalue weighted by Crippen LogP contribution is 2.80. The summed E-state index contributed by atoms with van der Waals surface area (Å²) in [4.78, 5) is 3.13. The van der Waals surface area contributed by atoms with Crippen molar-refractivity contribution in [2.45, 2.75) is 17.6 Å². The van der Waals surface area contributed by atoms with E-state index in [9.17, 15) is 10.5 Å². The SMILES string of the molecule is N#C[C@@]12[C@H](c3ccc(OCc4ccccc4)cc3)[C@]1(C#N)C(N)=[NH+][C@@]21OCCS1. The van der Waals surface area contributed by atoms with Gasteiger partial charge in [-0.3, -0.25) is 5.73 Å². The van der Waals surface area contributed by atoms with Crippen molar-refractivity contribution in [1.82, 2.24) is 0 Å². The largest absolute Gasteiger partial charge is 0.489 e. The zero-order valence-corrected chi connectivity index (χ0v) is 16.4. The highest BCUT2D eigenvalue weighted by Gasteiger charge is 2.96. The fourth-order valence-corrected chi connectivity index (χ4v) is 6.17. The van der Waals surface area contributed by atoms with Crippen LogP contribution in [-0.4, -0.2) is 23.3 Å². The Hall–Kier alpha value is -3.00. The van der Waals surface area contributed by atoms with Gasteiger partial charge in [0.2, 0.25) is 0 Å². The Morgan fingerprint density at radius 3 is 2.52 bits per heavy atom. The lowest BCUT2D eigenvalue weighted by Gasteiger charge is -2.23. The lowest BCUT2D eigenvalue weighted by Crippen LogP contribution is -2.88. The molecule has 0 aromatic heterocycles. The molecule has 144 valence electrons. The van der Waals surface area contributed by atoms with Gasteiger partial charge in [-0.25, -0.2) is 4.99 Å². The fourth-order valence-electron chi connectivity index (χ4n) is 4.82. The second-order valence-corrected chi connectivity index (χ2v) is 8.74. The Bertz CT molecular complexity index is 1070. The van der Waals surface area contributed by atoms with Crippen LogP contribution < -0.4 is 15.5 Å². The lowest BCUT2D eigenvalue weighted by molar-refractivity contribution is -0.583. The second-order valence-electron chi connectivity index (χ2n) is 7.47. The number of amidine groups is 1. The number of nitriles is 2. The molecule has 2 aliphatic heterocycles. The predicted octanol–water partition coefficient (Wildman–Crippen LogP) is 1.25. The van der Waals surface area contributed by atoms with E-state index in [1.807, 2.05) is 54.6 Å². The summed E-state index contributed by atoms with van der Waals surface area (Å²) in [5, 5.41) is 19.3. The number of fused-ring (bicyclic) bond motifs is 2. The van der Waals surface area contributed by atoms with Crippen LogP contribution in [0.3, 0.4) is 0 Å². The number of nitrogens with one attached hydrogen (secondary N) is 1. The number of hydrogen-bond acceptors (Lipinski definition) is 6. The third-order valence-electron chi connectivity index (χ3n) is 6.16. The summed E-state index contributed by atoms with van der Waals surface area (Å²) < 4.78 is 11.8. The lowest BCUT2D eigenvalue weighted by atomic mass is 9.95. The van der Waals surface area contributed by atoms with Crippen LogP contribution in [0.25, 0.3) is 0 Å². The summed E-state index contributed by atoms with van der Waals surface area (Å²) in [7, 11) is 0. The van der Waals surface area contributed by atoms with E-state index in [4.69, 9.17) is 15.2 Å². The molecule has 5 rings (SSSR count). The van der Waals surface area contributed by atoms with E-state index in [0.29, 0.717) is 19.0 Å². The van der Waals surface area contributed by atoms with Crippen LogP contribution in [-0.2, 0) is 11.3 Å².